The summed E-state index contributed by atoms with van der Waals surface area (Å²) < 4.78 is 0. The smallest absolute Gasteiger partial charge is 0.141 e. The van der Waals surface area contributed by atoms with Crippen molar-refractivity contribution in [2.75, 3.05) is 0 Å². The van der Waals surface area contributed by atoms with Crippen molar-refractivity contribution in [3.05, 3.63) is 0 Å². The van der Waals surface area contributed by atoms with Crippen LogP contribution in [0, 0.1) is 27.6 Å². The van der Waals surface area contributed by atoms with Crippen molar-refractivity contribution >= 4 is 5.78 Å². The van der Waals surface area contributed by atoms with Gasteiger partial charge in [0, 0.05) is 11.3 Å². The van der Waals surface area contributed by atoms with Gasteiger partial charge in [-0.2, -0.15) is 0 Å². The zero-order valence-corrected chi connectivity index (χ0v) is 21.7. The van der Waals surface area contributed by atoms with Crippen molar-refractivity contribution < 1.29 is 4.79 Å². The fraction of sp³-hybridized carbons (Fsp3) is 0.964. The molecule has 29 heavy (non-hydrogen) atoms. The fourth-order valence-electron chi connectivity index (χ4n) is 5.70. The van der Waals surface area contributed by atoms with Gasteiger partial charge in [-0.15, -0.1) is 0 Å². The molecule has 2 rings (SSSR count). The number of hydrogen-bond acceptors (Lipinski definition) is 1. The van der Waals surface area contributed by atoms with Crippen LogP contribution in [0.3, 0.4) is 0 Å². The molecule has 0 N–H and O–H groups in total. The van der Waals surface area contributed by atoms with E-state index >= 15 is 0 Å². The van der Waals surface area contributed by atoms with Crippen LogP contribution in [0.4, 0.5) is 0 Å². The first-order chi connectivity index (χ1) is 13.3. The number of rotatable bonds is 3. The molecule has 0 aromatic heterocycles. The van der Waals surface area contributed by atoms with Crippen molar-refractivity contribution in [1.29, 1.82) is 0 Å². The number of carbonyl (C=O) groups excluding carboxylic acids is 1. The third-order valence-corrected chi connectivity index (χ3v) is 9.17. The standard InChI is InChI=1S/C21H40O.C7H14/c1-16(2)17(22)20(8)12-10-14-21(9,15-11-13-20)19(6,7)18(3,4)5;1-2-4-6-7-5-3-1/h16H,10-15H2,1-9H3;1-7H2. The Hall–Kier alpha value is -0.330. The molecule has 0 unspecified atom stereocenters. The second-order valence-corrected chi connectivity index (χ2v) is 12.7. The quantitative estimate of drug-likeness (QED) is 0.426. The van der Waals surface area contributed by atoms with Crippen molar-refractivity contribution in [3.63, 3.8) is 0 Å². The molecule has 2 saturated carbocycles. The maximum Gasteiger partial charge on any atom is 0.141 e. The SMILES string of the molecule is C1CCCCCC1.CC(C)C(=O)C1(C)CCCC(C)(C(C)(C)C(C)(C)C)CCC1. The summed E-state index contributed by atoms with van der Waals surface area (Å²) in [4.78, 5) is 12.6. The molecule has 0 saturated heterocycles. The fourth-order valence-corrected chi connectivity index (χ4v) is 5.70. The normalized spacial score (nSPS) is 29.9. The van der Waals surface area contributed by atoms with Crippen molar-refractivity contribution in [2.45, 2.75) is 146 Å². The third kappa shape index (κ3) is 7.10. The first-order valence-electron chi connectivity index (χ1n) is 12.8. The molecule has 1 heteroatoms. The van der Waals surface area contributed by atoms with Crippen LogP contribution in [0.1, 0.15) is 146 Å². The highest BCUT2D eigenvalue weighted by Crippen LogP contribution is 2.57. The molecule has 0 radical (unpaired) electrons. The topological polar surface area (TPSA) is 17.1 Å². The van der Waals surface area contributed by atoms with E-state index < -0.39 is 0 Å². The Bertz CT molecular complexity index is 461. The molecule has 0 bridgehead atoms. The largest absolute Gasteiger partial charge is 0.299 e. The minimum Gasteiger partial charge on any atom is -0.299 e. The van der Waals surface area contributed by atoms with Gasteiger partial charge in [0.1, 0.15) is 5.78 Å². The minimum atomic E-state index is -0.0820. The highest BCUT2D eigenvalue weighted by atomic mass is 16.1. The lowest BCUT2D eigenvalue weighted by Gasteiger charge is -2.54. The molecule has 2 fully saturated rings. The summed E-state index contributed by atoms with van der Waals surface area (Å²) in [7, 11) is 0. The minimum absolute atomic E-state index is 0.0820. The van der Waals surface area contributed by atoms with E-state index in [-0.39, 0.29) is 11.3 Å². The zero-order valence-electron chi connectivity index (χ0n) is 21.7. The second-order valence-electron chi connectivity index (χ2n) is 12.7. The molecule has 2 aliphatic rings. The van der Waals surface area contributed by atoms with Crippen LogP contribution in [0.2, 0.25) is 0 Å². The van der Waals surface area contributed by atoms with Crippen LogP contribution in [0.15, 0.2) is 0 Å². The summed E-state index contributed by atoms with van der Waals surface area (Å²) in [5, 5.41) is 0. The van der Waals surface area contributed by atoms with E-state index in [1.165, 1.54) is 70.6 Å². The van der Waals surface area contributed by atoms with E-state index in [2.05, 4.69) is 62.3 Å². The summed E-state index contributed by atoms with van der Waals surface area (Å²) in [5.41, 5.74) is 0.891. The van der Waals surface area contributed by atoms with E-state index in [9.17, 15) is 4.79 Å². The van der Waals surface area contributed by atoms with Crippen molar-refractivity contribution in [1.82, 2.24) is 0 Å². The lowest BCUT2D eigenvalue weighted by molar-refractivity contribution is -0.133. The molecule has 0 atom stereocenters. The summed E-state index contributed by atoms with van der Waals surface area (Å²) in [5.74, 6) is 0.646. The van der Waals surface area contributed by atoms with E-state index in [1.807, 2.05) is 0 Å². The van der Waals surface area contributed by atoms with E-state index in [1.54, 1.807) is 0 Å². The first kappa shape index (κ1) is 26.7. The molecule has 1 nitrogen and oxygen atoms in total. The molecule has 0 aromatic rings. The Labute approximate surface area is 184 Å². The summed E-state index contributed by atoms with van der Waals surface area (Å²) in [6, 6.07) is 0. The van der Waals surface area contributed by atoms with E-state index in [4.69, 9.17) is 0 Å². The van der Waals surface area contributed by atoms with Crippen LogP contribution < -0.4 is 0 Å². The van der Waals surface area contributed by atoms with E-state index in [0.29, 0.717) is 22.0 Å². The van der Waals surface area contributed by atoms with Gasteiger partial charge >= 0.3 is 0 Å². The summed E-state index contributed by atoms with van der Waals surface area (Å²) in [6.07, 6.45) is 17.5. The highest BCUT2D eigenvalue weighted by Gasteiger charge is 2.49. The van der Waals surface area contributed by atoms with Crippen LogP contribution in [0.25, 0.3) is 0 Å². The average molecular weight is 407 g/mol. The van der Waals surface area contributed by atoms with E-state index in [0.717, 1.165) is 12.8 Å². The molecule has 2 aliphatic carbocycles. The lowest BCUT2D eigenvalue weighted by atomic mass is 9.51. The summed E-state index contributed by atoms with van der Waals surface area (Å²) >= 11 is 0. The van der Waals surface area contributed by atoms with Crippen LogP contribution in [-0.2, 0) is 4.79 Å². The van der Waals surface area contributed by atoms with Gasteiger partial charge in [-0.05, 0) is 41.9 Å². The van der Waals surface area contributed by atoms with Gasteiger partial charge in [0.2, 0.25) is 0 Å². The monoisotopic (exact) mass is 406 g/mol. The molecule has 0 amide bonds. The number of Topliss-reactive ketones (excluding diaryl/α,β-unsaturated/α-hetero) is 1. The molecule has 172 valence electrons. The Morgan fingerprint density at radius 1 is 0.655 bits per heavy atom. The van der Waals surface area contributed by atoms with Crippen molar-refractivity contribution in [3.8, 4) is 0 Å². The summed E-state index contributed by atoms with van der Waals surface area (Å²) in [6.45, 7) is 20.9. The predicted octanol–water partition coefficient (Wildman–Crippen LogP) is 9.38. The van der Waals surface area contributed by atoms with Gasteiger partial charge in [-0.25, -0.2) is 0 Å². The Morgan fingerprint density at radius 2 is 1.00 bits per heavy atom. The third-order valence-electron chi connectivity index (χ3n) is 9.17. The average Bonchev–Trinajstić information content (AvgIpc) is 2.91. The highest BCUT2D eigenvalue weighted by molar-refractivity contribution is 5.86. The van der Waals surface area contributed by atoms with Gasteiger partial charge in [0.15, 0.2) is 0 Å². The first-order valence-corrected chi connectivity index (χ1v) is 12.8. The van der Waals surface area contributed by atoms with Gasteiger partial charge in [-0.1, -0.05) is 120 Å². The Balaban J connectivity index is 0.000000502. The maximum absolute atomic E-state index is 12.6. The molecule has 0 aromatic carbocycles. The van der Waals surface area contributed by atoms with Gasteiger partial charge in [0.05, 0.1) is 0 Å². The van der Waals surface area contributed by atoms with Gasteiger partial charge in [-0.3, -0.25) is 4.79 Å². The molecule has 0 spiro atoms. The lowest BCUT2D eigenvalue weighted by Crippen LogP contribution is -2.46. The van der Waals surface area contributed by atoms with Gasteiger partial charge < -0.3 is 0 Å². The number of ketones is 1. The Morgan fingerprint density at radius 3 is 1.28 bits per heavy atom. The van der Waals surface area contributed by atoms with Crippen LogP contribution in [-0.4, -0.2) is 5.78 Å². The van der Waals surface area contributed by atoms with Gasteiger partial charge in [0.25, 0.3) is 0 Å². The molecule has 0 heterocycles. The van der Waals surface area contributed by atoms with Crippen LogP contribution >= 0.6 is 0 Å². The maximum atomic E-state index is 12.6. The second kappa shape index (κ2) is 10.8. The number of hydrogen-bond donors (Lipinski definition) is 0. The molecular formula is C28H54O. The zero-order chi connectivity index (χ0) is 22.3. The molecular weight excluding hydrogens is 352 g/mol. The Kier molecular flexibility index (Phi) is 9.95. The van der Waals surface area contributed by atoms with Crippen molar-refractivity contribution in [2.24, 2.45) is 27.6 Å². The molecule has 0 aliphatic heterocycles. The van der Waals surface area contributed by atoms with Crippen LogP contribution in [0.5, 0.6) is 0 Å². The predicted molar refractivity (Wildman–Crippen MR) is 129 cm³/mol. The number of carbonyl (C=O) groups is 1.